The van der Waals surface area contributed by atoms with Crippen molar-refractivity contribution in [3.05, 3.63) is 39.2 Å². The van der Waals surface area contributed by atoms with Crippen LogP contribution in [0, 0.1) is 11.3 Å². The van der Waals surface area contributed by atoms with Gasteiger partial charge in [0.2, 0.25) is 0 Å². The monoisotopic (exact) mass is 454 g/mol. The average molecular weight is 455 g/mol. The predicted octanol–water partition coefficient (Wildman–Crippen LogP) is 3.22. The molecule has 3 unspecified atom stereocenters. The summed E-state index contributed by atoms with van der Waals surface area (Å²) in [5.41, 5.74) is 8.64. The molecule has 0 radical (unpaired) electrons. The highest BCUT2D eigenvalue weighted by Gasteiger charge is 2.48. The van der Waals surface area contributed by atoms with E-state index in [1.807, 2.05) is 6.07 Å². The Balaban J connectivity index is 2.37. The van der Waals surface area contributed by atoms with E-state index in [9.17, 15) is 9.59 Å². The van der Waals surface area contributed by atoms with E-state index < -0.39 is 41.7 Å². The van der Waals surface area contributed by atoms with Crippen molar-refractivity contribution in [2.75, 3.05) is 13.7 Å². The number of carbonyl (C=O) groups excluding carboxylic acids is 2. The van der Waals surface area contributed by atoms with Crippen molar-refractivity contribution in [2.24, 2.45) is 5.11 Å². The van der Waals surface area contributed by atoms with Crippen LogP contribution in [0.15, 0.2) is 28.2 Å². The first-order valence-electron chi connectivity index (χ1n) is 8.70. The molecule has 0 amide bonds. The van der Waals surface area contributed by atoms with Crippen LogP contribution in [-0.4, -0.2) is 55.4 Å². The number of halogens is 1. The number of ether oxygens (including phenoxy) is 4. The van der Waals surface area contributed by atoms with Crippen molar-refractivity contribution in [3.63, 3.8) is 0 Å². The van der Waals surface area contributed by atoms with Crippen LogP contribution in [0.5, 0.6) is 0 Å². The first-order chi connectivity index (χ1) is 14.3. The number of rotatable bonds is 7. The second-order valence-corrected chi connectivity index (χ2v) is 7.77. The molecule has 1 fully saturated rings. The van der Waals surface area contributed by atoms with Gasteiger partial charge >= 0.3 is 11.9 Å². The SMILES string of the molecule is COC1C(N=[N+]=[N-])[C@@H](OC(C)=O)C(COC(C)=O)O[C@@H]1Sc1ccc(C#N)c(Cl)c1. The van der Waals surface area contributed by atoms with E-state index in [0.717, 1.165) is 0 Å². The molecule has 0 aromatic heterocycles. The lowest BCUT2D eigenvalue weighted by atomic mass is 9.97. The number of nitriles is 1. The van der Waals surface area contributed by atoms with Gasteiger partial charge in [-0.05, 0) is 23.7 Å². The molecule has 10 nitrogen and oxygen atoms in total. The van der Waals surface area contributed by atoms with Crippen molar-refractivity contribution in [1.29, 1.82) is 5.26 Å². The zero-order valence-electron chi connectivity index (χ0n) is 16.4. The molecule has 12 heteroatoms. The topological polar surface area (TPSA) is 144 Å². The van der Waals surface area contributed by atoms with E-state index in [4.69, 9.17) is 41.3 Å². The van der Waals surface area contributed by atoms with Gasteiger partial charge in [0, 0.05) is 30.8 Å². The molecule has 1 aromatic carbocycles. The lowest BCUT2D eigenvalue weighted by molar-refractivity contribution is -0.196. The third-order valence-corrected chi connectivity index (χ3v) is 5.59. The standard InChI is InChI=1S/C18H19ClN4O6S/c1-9(24)27-8-14-16(28-10(2)25)15(22-23-21)17(26-3)18(29-14)30-12-5-4-11(7-20)13(19)6-12/h4-6,14-18H,8H2,1-3H3/t14?,15?,16-,17?,18+/m0/s1. The van der Waals surface area contributed by atoms with Crippen molar-refractivity contribution < 1.29 is 28.5 Å². The van der Waals surface area contributed by atoms with Gasteiger partial charge in [-0.2, -0.15) is 5.26 Å². The van der Waals surface area contributed by atoms with Crippen LogP contribution in [-0.2, 0) is 28.5 Å². The average Bonchev–Trinajstić information content (AvgIpc) is 2.68. The Morgan fingerprint density at radius 3 is 2.63 bits per heavy atom. The molecule has 0 N–H and O–H groups in total. The zero-order chi connectivity index (χ0) is 22.3. The van der Waals surface area contributed by atoms with Gasteiger partial charge in [-0.3, -0.25) is 9.59 Å². The summed E-state index contributed by atoms with van der Waals surface area (Å²) >= 11 is 7.31. The van der Waals surface area contributed by atoms with E-state index in [1.165, 1.54) is 32.7 Å². The summed E-state index contributed by atoms with van der Waals surface area (Å²) in [6.07, 6.45) is -2.71. The number of thioether (sulfide) groups is 1. The van der Waals surface area contributed by atoms with Gasteiger partial charge < -0.3 is 18.9 Å². The molecule has 2 rings (SSSR count). The van der Waals surface area contributed by atoms with E-state index in [0.29, 0.717) is 10.5 Å². The summed E-state index contributed by atoms with van der Waals surface area (Å²) in [7, 11) is 1.41. The Morgan fingerprint density at radius 1 is 1.37 bits per heavy atom. The molecule has 160 valence electrons. The largest absolute Gasteiger partial charge is 0.463 e. The van der Waals surface area contributed by atoms with Gasteiger partial charge in [0.25, 0.3) is 0 Å². The fraction of sp³-hybridized carbons (Fsp3) is 0.500. The summed E-state index contributed by atoms with van der Waals surface area (Å²) in [6, 6.07) is 5.89. The minimum Gasteiger partial charge on any atom is -0.463 e. The molecule has 1 aliphatic heterocycles. The smallest absolute Gasteiger partial charge is 0.303 e. The van der Waals surface area contributed by atoms with Crippen molar-refractivity contribution in [2.45, 2.75) is 48.5 Å². The summed E-state index contributed by atoms with van der Waals surface area (Å²) in [5, 5.41) is 13.1. The second-order valence-electron chi connectivity index (χ2n) is 6.19. The highest BCUT2D eigenvalue weighted by Crippen LogP contribution is 2.38. The van der Waals surface area contributed by atoms with E-state index in [2.05, 4.69) is 10.0 Å². The highest BCUT2D eigenvalue weighted by molar-refractivity contribution is 7.99. The summed E-state index contributed by atoms with van der Waals surface area (Å²) in [4.78, 5) is 26.4. The normalized spacial score (nSPS) is 25.5. The van der Waals surface area contributed by atoms with Gasteiger partial charge in [-0.25, -0.2) is 0 Å². The number of methoxy groups -OCH3 is 1. The Morgan fingerprint density at radius 2 is 2.10 bits per heavy atom. The quantitative estimate of drug-likeness (QED) is 0.264. The van der Waals surface area contributed by atoms with Crippen LogP contribution in [0.3, 0.4) is 0 Å². The molecule has 0 saturated carbocycles. The summed E-state index contributed by atoms with van der Waals surface area (Å²) in [5.74, 6) is -1.16. The molecule has 1 saturated heterocycles. The fourth-order valence-corrected chi connectivity index (χ4v) is 4.39. The molecule has 1 aromatic rings. The van der Waals surface area contributed by atoms with Gasteiger partial charge in [0.1, 0.15) is 42.5 Å². The van der Waals surface area contributed by atoms with Crippen LogP contribution < -0.4 is 0 Å². The molecular weight excluding hydrogens is 436 g/mol. The summed E-state index contributed by atoms with van der Waals surface area (Å²) in [6.45, 7) is 2.22. The maximum absolute atomic E-state index is 11.6. The molecule has 1 aliphatic rings. The Kier molecular flexibility index (Phi) is 8.77. The number of hydrogen-bond acceptors (Lipinski definition) is 9. The minimum absolute atomic E-state index is 0.216. The van der Waals surface area contributed by atoms with Gasteiger partial charge in [0.15, 0.2) is 0 Å². The molecule has 30 heavy (non-hydrogen) atoms. The molecular formula is C18H19ClN4O6S. The first kappa shape index (κ1) is 23.8. The molecule has 0 aliphatic carbocycles. The highest BCUT2D eigenvalue weighted by atomic mass is 35.5. The minimum atomic E-state index is -1.02. The Hall–Kier alpha value is -2.48. The second kappa shape index (κ2) is 11.1. The molecule has 0 bridgehead atoms. The van der Waals surface area contributed by atoms with Crippen LogP contribution >= 0.6 is 23.4 Å². The number of azide groups is 1. The summed E-state index contributed by atoms with van der Waals surface area (Å²) < 4.78 is 21.9. The number of hydrogen-bond donors (Lipinski definition) is 0. The van der Waals surface area contributed by atoms with E-state index in [1.54, 1.807) is 18.2 Å². The van der Waals surface area contributed by atoms with E-state index in [-0.39, 0.29) is 11.6 Å². The Labute approximate surface area is 182 Å². The predicted molar refractivity (Wildman–Crippen MR) is 107 cm³/mol. The number of esters is 2. The molecule has 1 heterocycles. The number of nitrogens with zero attached hydrogens (tertiary/aromatic N) is 4. The van der Waals surface area contributed by atoms with E-state index >= 15 is 0 Å². The third-order valence-electron chi connectivity index (χ3n) is 4.14. The maximum atomic E-state index is 11.6. The first-order valence-corrected chi connectivity index (χ1v) is 9.95. The van der Waals surface area contributed by atoms with Crippen LogP contribution in [0.4, 0.5) is 0 Å². The van der Waals surface area contributed by atoms with Crippen LogP contribution in [0.25, 0.3) is 10.4 Å². The lowest BCUT2D eigenvalue weighted by Gasteiger charge is -2.43. The van der Waals surface area contributed by atoms with Crippen LogP contribution in [0.1, 0.15) is 19.4 Å². The maximum Gasteiger partial charge on any atom is 0.303 e. The number of benzene rings is 1. The van der Waals surface area contributed by atoms with Crippen LogP contribution in [0.2, 0.25) is 5.02 Å². The van der Waals surface area contributed by atoms with Gasteiger partial charge in [0.05, 0.1) is 10.6 Å². The number of carbonyl (C=O) groups is 2. The van der Waals surface area contributed by atoms with Gasteiger partial charge in [-0.1, -0.05) is 28.5 Å². The fourth-order valence-electron chi connectivity index (χ4n) is 2.90. The molecule has 5 atom stereocenters. The van der Waals surface area contributed by atoms with Crippen molar-refractivity contribution >= 4 is 35.3 Å². The zero-order valence-corrected chi connectivity index (χ0v) is 17.9. The van der Waals surface area contributed by atoms with Crippen molar-refractivity contribution in [3.8, 4) is 6.07 Å². The lowest BCUT2D eigenvalue weighted by Crippen LogP contribution is -2.59. The van der Waals surface area contributed by atoms with Crippen molar-refractivity contribution in [1.82, 2.24) is 0 Å². The van der Waals surface area contributed by atoms with Gasteiger partial charge in [-0.15, -0.1) is 0 Å². The third kappa shape index (κ3) is 6.01. The Bertz CT molecular complexity index is 888. The molecule has 0 spiro atoms.